The number of hydrogen-bond acceptors (Lipinski definition) is 3. The largest absolute Gasteiger partial charge is 0.480 e. The van der Waals surface area contributed by atoms with Crippen molar-refractivity contribution in [1.29, 1.82) is 0 Å². The van der Waals surface area contributed by atoms with Gasteiger partial charge in [0.1, 0.15) is 12.6 Å². The van der Waals surface area contributed by atoms with E-state index >= 15 is 0 Å². The molecule has 0 saturated heterocycles. The van der Waals surface area contributed by atoms with E-state index in [9.17, 15) is 14.7 Å². The van der Waals surface area contributed by atoms with Gasteiger partial charge < -0.3 is 15.2 Å². The first-order valence-corrected chi connectivity index (χ1v) is 12.3. The predicted molar refractivity (Wildman–Crippen MR) is 134 cm³/mol. The number of carboxylic acid groups (broad SMARTS) is 1. The highest BCUT2D eigenvalue weighted by atomic mass is 35.5. The third-order valence-corrected chi connectivity index (χ3v) is 8.53. The first-order chi connectivity index (χ1) is 16.8. The van der Waals surface area contributed by atoms with Crippen molar-refractivity contribution in [3.63, 3.8) is 0 Å². The molecule has 35 heavy (non-hydrogen) atoms. The monoisotopic (exact) mass is 487 g/mol. The van der Waals surface area contributed by atoms with Gasteiger partial charge in [0, 0.05) is 16.4 Å². The van der Waals surface area contributed by atoms with E-state index in [1.54, 1.807) is 0 Å². The Bertz CT molecular complexity index is 1300. The van der Waals surface area contributed by atoms with Gasteiger partial charge in [0.25, 0.3) is 0 Å². The molecule has 3 aromatic carbocycles. The summed E-state index contributed by atoms with van der Waals surface area (Å²) >= 11 is 6.11. The summed E-state index contributed by atoms with van der Waals surface area (Å²) in [6, 6.07) is 21.2. The molecule has 178 valence electrons. The summed E-state index contributed by atoms with van der Waals surface area (Å²) in [6.45, 7) is 2.20. The van der Waals surface area contributed by atoms with Gasteiger partial charge in [-0.2, -0.15) is 0 Å². The molecule has 0 spiro atoms. The first kappa shape index (κ1) is 22.2. The van der Waals surface area contributed by atoms with Crippen molar-refractivity contribution in [2.24, 2.45) is 5.41 Å². The average Bonchev–Trinajstić information content (AvgIpc) is 3.10. The summed E-state index contributed by atoms with van der Waals surface area (Å²) in [7, 11) is 0. The molecule has 5 nitrogen and oxygen atoms in total. The standard InChI is InChI=1S/C29H26ClNO4/c1-17-12-18(30)10-11-24(17)28-14-29(15-28,16-28)25(26(32)33)31-27(34)35-13-23-21-8-4-2-6-19(21)20-7-3-5-9-22(20)23/h2-12,23,25H,13-16H2,1H3,(H,31,34)(H,32,33). The zero-order valence-corrected chi connectivity index (χ0v) is 20.1. The van der Waals surface area contributed by atoms with Crippen LogP contribution >= 0.6 is 11.6 Å². The van der Waals surface area contributed by atoms with Gasteiger partial charge in [0.15, 0.2) is 0 Å². The minimum atomic E-state index is -1.01. The fraction of sp³-hybridized carbons (Fsp3) is 0.310. The number of amides is 1. The second kappa shape index (κ2) is 7.85. The average molecular weight is 488 g/mol. The minimum absolute atomic E-state index is 0.00871. The number of rotatable bonds is 6. The number of fused-ring (bicyclic) bond motifs is 3. The second-order valence-corrected chi connectivity index (χ2v) is 10.8. The fourth-order valence-electron chi connectivity index (χ4n) is 6.92. The Labute approximate surface area is 209 Å². The molecule has 7 rings (SSSR count). The molecule has 1 amide bonds. The summed E-state index contributed by atoms with van der Waals surface area (Å²) in [5.74, 6) is -1.08. The van der Waals surface area contributed by atoms with Crippen LogP contribution < -0.4 is 5.32 Å². The van der Waals surface area contributed by atoms with Crippen LogP contribution in [0.15, 0.2) is 66.7 Å². The van der Waals surface area contributed by atoms with E-state index in [4.69, 9.17) is 16.3 Å². The van der Waals surface area contributed by atoms with Gasteiger partial charge in [-0.05, 0) is 77.1 Å². The highest BCUT2D eigenvalue weighted by Gasteiger charge is 2.72. The Hall–Kier alpha value is -3.31. The fourth-order valence-corrected chi connectivity index (χ4v) is 7.14. The lowest BCUT2D eigenvalue weighted by Gasteiger charge is -2.72. The highest BCUT2D eigenvalue weighted by Crippen LogP contribution is 2.75. The van der Waals surface area contributed by atoms with Crippen molar-refractivity contribution in [2.45, 2.75) is 43.6 Å². The topological polar surface area (TPSA) is 75.6 Å². The van der Waals surface area contributed by atoms with Crippen molar-refractivity contribution in [1.82, 2.24) is 5.32 Å². The van der Waals surface area contributed by atoms with Gasteiger partial charge in [-0.1, -0.05) is 66.2 Å². The summed E-state index contributed by atoms with van der Waals surface area (Å²) in [6.07, 6.45) is 1.54. The molecule has 1 unspecified atom stereocenters. The van der Waals surface area contributed by atoms with Gasteiger partial charge in [-0.15, -0.1) is 0 Å². The maximum absolute atomic E-state index is 12.8. The number of alkyl carbamates (subject to hydrolysis) is 1. The molecular formula is C29H26ClNO4. The predicted octanol–water partition coefficient (Wildman–Crippen LogP) is 6.06. The van der Waals surface area contributed by atoms with E-state index in [0.717, 1.165) is 47.1 Å². The van der Waals surface area contributed by atoms with Crippen LogP contribution in [0.3, 0.4) is 0 Å². The van der Waals surface area contributed by atoms with Crippen LogP contribution in [0, 0.1) is 12.3 Å². The number of aryl methyl sites for hydroxylation is 1. The van der Waals surface area contributed by atoms with Crippen LogP contribution in [0.25, 0.3) is 11.1 Å². The zero-order chi connectivity index (χ0) is 24.4. The van der Waals surface area contributed by atoms with E-state index < -0.39 is 23.5 Å². The Balaban J connectivity index is 1.13. The van der Waals surface area contributed by atoms with Crippen molar-refractivity contribution in [3.05, 3.63) is 94.0 Å². The van der Waals surface area contributed by atoms with Crippen LogP contribution in [0.4, 0.5) is 4.79 Å². The lowest BCUT2D eigenvalue weighted by Crippen LogP contribution is -2.73. The Kier molecular flexibility index (Phi) is 4.98. The maximum atomic E-state index is 12.8. The van der Waals surface area contributed by atoms with E-state index in [-0.39, 0.29) is 17.9 Å². The van der Waals surface area contributed by atoms with Crippen molar-refractivity contribution >= 4 is 23.7 Å². The van der Waals surface area contributed by atoms with Crippen LogP contribution in [0.2, 0.25) is 5.02 Å². The zero-order valence-electron chi connectivity index (χ0n) is 19.4. The molecule has 6 heteroatoms. The van der Waals surface area contributed by atoms with Crippen LogP contribution in [0.5, 0.6) is 0 Å². The second-order valence-electron chi connectivity index (χ2n) is 10.4. The lowest BCUT2D eigenvalue weighted by molar-refractivity contribution is -0.183. The molecule has 4 aliphatic rings. The van der Waals surface area contributed by atoms with Gasteiger partial charge in [-0.3, -0.25) is 0 Å². The van der Waals surface area contributed by atoms with Crippen LogP contribution in [-0.4, -0.2) is 29.8 Å². The van der Waals surface area contributed by atoms with Crippen molar-refractivity contribution in [2.75, 3.05) is 6.61 Å². The van der Waals surface area contributed by atoms with Crippen molar-refractivity contribution < 1.29 is 19.4 Å². The van der Waals surface area contributed by atoms with Gasteiger partial charge >= 0.3 is 12.1 Å². The molecule has 3 fully saturated rings. The lowest BCUT2D eigenvalue weighted by atomic mass is 9.31. The van der Waals surface area contributed by atoms with E-state index in [1.165, 1.54) is 5.56 Å². The molecular weight excluding hydrogens is 462 g/mol. The molecule has 4 aliphatic carbocycles. The third-order valence-electron chi connectivity index (χ3n) is 8.30. The number of aliphatic carboxylic acids is 1. The minimum Gasteiger partial charge on any atom is -0.480 e. The summed E-state index contributed by atoms with van der Waals surface area (Å²) in [5.41, 5.74) is 6.46. The summed E-state index contributed by atoms with van der Waals surface area (Å²) < 4.78 is 5.62. The van der Waals surface area contributed by atoms with Gasteiger partial charge in [0.05, 0.1) is 0 Å². The highest BCUT2D eigenvalue weighted by molar-refractivity contribution is 6.30. The van der Waals surface area contributed by atoms with Crippen LogP contribution in [0.1, 0.15) is 47.4 Å². The van der Waals surface area contributed by atoms with Crippen LogP contribution in [-0.2, 0) is 14.9 Å². The Morgan fingerprint density at radius 1 is 1.03 bits per heavy atom. The normalized spacial score (nSPS) is 24.4. The molecule has 0 heterocycles. The van der Waals surface area contributed by atoms with Crippen molar-refractivity contribution in [3.8, 4) is 11.1 Å². The number of carboxylic acids is 1. The van der Waals surface area contributed by atoms with E-state index in [1.807, 2.05) is 43.3 Å². The quantitative estimate of drug-likeness (QED) is 0.443. The summed E-state index contributed by atoms with van der Waals surface area (Å²) in [5, 5.41) is 13.3. The number of halogens is 1. The number of carbonyl (C=O) groups excluding carboxylic acids is 1. The number of ether oxygens (including phenoxy) is 1. The molecule has 0 radical (unpaired) electrons. The SMILES string of the molecule is Cc1cc(Cl)ccc1C12CC(C(NC(=O)OCC3c4ccccc4-c4ccccc43)C(=O)O)(C1)C2. The number of benzene rings is 3. The third kappa shape index (κ3) is 3.36. The molecule has 3 aromatic rings. The van der Waals surface area contributed by atoms with E-state index in [0.29, 0.717) is 5.02 Å². The molecule has 2 bridgehead atoms. The molecule has 3 saturated carbocycles. The maximum Gasteiger partial charge on any atom is 0.407 e. The van der Waals surface area contributed by atoms with Gasteiger partial charge in [-0.25, -0.2) is 9.59 Å². The Morgan fingerprint density at radius 3 is 2.20 bits per heavy atom. The van der Waals surface area contributed by atoms with E-state index in [2.05, 4.69) is 35.6 Å². The molecule has 0 aliphatic heterocycles. The summed E-state index contributed by atoms with van der Waals surface area (Å²) in [4.78, 5) is 24.9. The molecule has 2 N–H and O–H groups in total. The molecule has 0 aromatic heterocycles. The number of nitrogens with one attached hydrogen (secondary N) is 1. The molecule has 1 atom stereocenters. The number of carbonyl (C=O) groups is 2. The number of hydrogen-bond donors (Lipinski definition) is 2. The Morgan fingerprint density at radius 2 is 1.63 bits per heavy atom. The van der Waals surface area contributed by atoms with Gasteiger partial charge in [0.2, 0.25) is 0 Å². The first-order valence-electron chi connectivity index (χ1n) is 11.9. The smallest absolute Gasteiger partial charge is 0.407 e.